The fourth-order valence-electron chi connectivity index (χ4n) is 13.4. The van der Waals surface area contributed by atoms with Gasteiger partial charge < -0.3 is 205 Å². The first kappa shape index (κ1) is 85.5. The predicted molar refractivity (Wildman–Crippen MR) is 322 cm³/mol. The van der Waals surface area contributed by atoms with Crippen LogP contribution in [0.25, 0.3) is 0 Å². The molecule has 46 heteroatoms. The van der Waals surface area contributed by atoms with Gasteiger partial charge in [0.2, 0.25) is 29.5 Å². The summed E-state index contributed by atoms with van der Waals surface area (Å²) in [5, 5.41) is 247. The van der Waals surface area contributed by atoms with E-state index >= 15 is 0 Å². The largest absolute Gasteiger partial charge is 0.394 e. The number of amides is 5. The second kappa shape index (κ2) is 37.5. The van der Waals surface area contributed by atoms with Gasteiger partial charge in [0.1, 0.15) is 195 Å². The van der Waals surface area contributed by atoms with Crippen molar-refractivity contribution in [2.24, 2.45) is 0 Å². The summed E-state index contributed by atoms with van der Waals surface area (Å²) in [7, 11) is 0. The topological polar surface area (TPSA) is 709 Å². The van der Waals surface area contributed by atoms with Gasteiger partial charge in [-0.2, -0.15) is 0 Å². The summed E-state index contributed by atoms with van der Waals surface area (Å²) in [5.74, 6) is -4.49. The van der Waals surface area contributed by atoms with Gasteiger partial charge in [-0.15, -0.1) is 0 Å². The molecule has 0 aromatic rings. The highest BCUT2D eigenvalue weighted by Crippen LogP contribution is 2.40. The molecular formula is C58H97N5O41. The summed E-state index contributed by atoms with van der Waals surface area (Å²) in [5.41, 5.74) is 0. The Labute approximate surface area is 589 Å². The monoisotopic (exact) mass is 1520 g/mol. The van der Waals surface area contributed by atoms with Crippen molar-refractivity contribution >= 4 is 29.5 Å². The number of carbonyl (C=O) groups is 5. The van der Waals surface area contributed by atoms with Gasteiger partial charge in [0.15, 0.2) is 50.3 Å². The Morgan fingerprint density at radius 3 is 0.885 bits per heavy atom. The maximum atomic E-state index is 13.1. The van der Waals surface area contributed by atoms with E-state index in [0.29, 0.717) is 0 Å². The van der Waals surface area contributed by atoms with E-state index in [4.69, 9.17) is 71.1 Å². The number of rotatable bonds is 27. The van der Waals surface area contributed by atoms with Crippen molar-refractivity contribution in [3.8, 4) is 0 Å². The molecule has 5 amide bonds. The number of ether oxygens (including phenoxy) is 15. The predicted octanol–water partition coefficient (Wildman–Crippen LogP) is -17.7. The number of aliphatic hydroxyl groups excluding tert-OH is 21. The van der Waals surface area contributed by atoms with Crippen LogP contribution in [0.4, 0.5) is 0 Å². The SMILES string of the molecule is CC(=O)N[C@@H]1[C@@H](O)[C@H](O[C@@H]2O[C@H](CO[C@H]3O[C@H](CO)[C@@H](O)[C@H](O)[C@@H]3O[C@@H]3O[C@H](CO)[C@@H](O)[C@H](O)[C@H]3NC(C)=O)[C@@H](O[C@@H]3O[C@H](CO)[C@@H](O)[C@H](O)[C@H]3NC(C)=O)[C@H](O[C@H]3O[C@H](CO)[C@@H](O[C@@H]4O[C@H](CO)[C@@H](O)[C@H](O)[C@H]4NC(C)=O)[C@H](O)[C@@H]3O[C@@H]3O[C@H](CO)[C@@H](O)[C@H](O)[C@H]3NC(C)=O)[C@@H]2O)[C@@H](CO)O[C@H]1O. The van der Waals surface area contributed by atoms with Gasteiger partial charge in [-0.25, -0.2) is 0 Å². The molecule has 46 nitrogen and oxygen atoms in total. The summed E-state index contributed by atoms with van der Waals surface area (Å²) in [4.78, 5) is 63.4. The van der Waals surface area contributed by atoms with Crippen LogP contribution in [0.3, 0.4) is 0 Å². The number of hydrogen-bond acceptors (Lipinski definition) is 41. The Morgan fingerprint density at radius 1 is 0.250 bits per heavy atom. The molecule has 8 saturated heterocycles. The molecular weight excluding hydrogens is 1420 g/mol. The minimum Gasteiger partial charge on any atom is -0.394 e. The molecule has 8 heterocycles. The fraction of sp³-hybridized carbons (Fsp3) is 0.914. The van der Waals surface area contributed by atoms with Crippen molar-refractivity contribution in [2.45, 2.75) is 280 Å². The minimum atomic E-state index is -2.65. The van der Waals surface area contributed by atoms with E-state index in [1.165, 1.54) is 0 Å². The van der Waals surface area contributed by atoms with E-state index in [2.05, 4.69) is 26.6 Å². The number of hydrogen-bond donors (Lipinski definition) is 26. The molecule has 8 aliphatic heterocycles. The quantitative estimate of drug-likeness (QED) is 0.0363. The molecule has 0 unspecified atom stereocenters. The average Bonchev–Trinajstić information content (AvgIpc) is 0.760. The lowest BCUT2D eigenvalue weighted by molar-refractivity contribution is -0.411. The van der Waals surface area contributed by atoms with Crippen molar-refractivity contribution in [3.63, 3.8) is 0 Å². The van der Waals surface area contributed by atoms with E-state index < -0.39 is 328 Å². The van der Waals surface area contributed by atoms with E-state index in [1.54, 1.807) is 0 Å². The van der Waals surface area contributed by atoms with Crippen LogP contribution < -0.4 is 26.6 Å². The van der Waals surface area contributed by atoms with Gasteiger partial charge in [-0.05, 0) is 0 Å². The van der Waals surface area contributed by atoms with Gasteiger partial charge in [0.25, 0.3) is 0 Å². The smallest absolute Gasteiger partial charge is 0.217 e. The zero-order valence-electron chi connectivity index (χ0n) is 56.3. The Bertz CT molecular complexity index is 2770. The average molecular weight is 1520 g/mol. The molecule has 0 spiro atoms. The molecule has 0 aromatic heterocycles. The summed E-state index contributed by atoms with van der Waals surface area (Å²) in [6.45, 7) is -4.19. The molecule has 0 radical (unpaired) electrons. The maximum absolute atomic E-state index is 13.1. The highest BCUT2D eigenvalue weighted by molar-refractivity contribution is 5.75. The summed E-state index contributed by atoms with van der Waals surface area (Å²) in [6.07, 6.45) is -74.5. The third kappa shape index (κ3) is 19.2. The first-order valence-corrected chi connectivity index (χ1v) is 33.1. The summed E-state index contributed by atoms with van der Waals surface area (Å²) >= 11 is 0. The van der Waals surface area contributed by atoms with Crippen LogP contribution in [0.2, 0.25) is 0 Å². The maximum Gasteiger partial charge on any atom is 0.217 e. The third-order valence-corrected chi connectivity index (χ3v) is 18.7. The lowest BCUT2D eigenvalue weighted by Crippen LogP contribution is -2.71. The lowest BCUT2D eigenvalue weighted by atomic mass is 9.93. The fourth-order valence-corrected chi connectivity index (χ4v) is 13.4. The Balaban J connectivity index is 1.31. The van der Waals surface area contributed by atoms with Crippen molar-refractivity contribution in [1.29, 1.82) is 0 Å². The molecule has 8 aliphatic rings. The van der Waals surface area contributed by atoms with Crippen molar-refractivity contribution in [3.05, 3.63) is 0 Å². The molecule has 0 bridgehead atoms. The number of nitrogens with one attached hydrogen (secondary N) is 5. The van der Waals surface area contributed by atoms with E-state index in [1.807, 2.05) is 0 Å². The van der Waals surface area contributed by atoms with Crippen LogP contribution in [0, 0.1) is 0 Å². The summed E-state index contributed by atoms with van der Waals surface area (Å²) < 4.78 is 91.8. The first-order chi connectivity index (χ1) is 49.2. The van der Waals surface area contributed by atoms with Gasteiger partial charge in [0, 0.05) is 34.6 Å². The Hall–Kier alpha value is -4.09. The van der Waals surface area contributed by atoms with Crippen LogP contribution in [-0.2, 0) is 95.0 Å². The van der Waals surface area contributed by atoms with Crippen LogP contribution in [0.15, 0.2) is 0 Å². The van der Waals surface area contributed by atoms with Gasteiger partial charge in [0.05, 0.1) is 52.9 Å². The molecule has 104 heavy (non-hydrogen) atoms. The molecule has 0 aliphatic carbocycles. The highest BCUT2D eigenvalue weighted by atomic mass is 16.8. The van der Waals surface area contributed by atoms with Crippen LogP contribution >= 0.6 is 0 Å². The Kier molecular flexibility index (Phi) is 30.9. The molecule has 8 rings (SSSR count). The molecule has 600 valence electrons. The molecule has 0 saturated carbocycles. The van der Waals surface area contributed by atoms with Crippen LogP contribution in [0.5, 0.6) is 0 Å². The number of aliphatic hydroxyl groups is 21. The second-order valence-electron chi connectivity index (χ2n) is 26.1. The van der Waals surface area contributed by atoms with Crippen LogP contribution in [-0.4, -0.2) is 435 Å². The normalized spacial score (nSPS) is 47.2. The second-order valence-corrected chi connectivity index (χ2v) is 26.1. The minimum absolute atomic E-state index is 0.859. The zero-order chi connectivity index (χ0) is 76.8. The van der Waals surface area contributed by atoms with Crippen LogP contribution in [0.1, 0.15) is 34.6 Å². The highest BCUT2D eigenvalue weighted by Gasteiger charge is 2.61. The standard InChI is InChI=1S/C58H97N5O41/c1-14(71)59-27-41(85)45(24(11-69)91-51(27)89)100-56-44(88)48(102-58-50(104-55-31(63-18(5)75)40(84)35(79)22(9-67)95-55)43(87)46(25(12-70)97-58)99-52-28(60-15(2)72)37(81)32(76)19(6-64)92-52)47(101-53-29(61-16(3)73)38(82)33(77)20(7-65)93-53)26(98-56)13-90-57-49(42(86)36(80)23(10-68)96-57)103-54-30(62-17(4)74)39(83)34(78)21(8-66)94-54/h19-58,64-70,76-89H,6-13H2,1-5H3,(H,59,71)(H,60,72)(H,61,73)(H,62,74)(H,63,75)/t19-,20-,21-,22-,23-,24-,25-,26-,27-,28-,29-,30-,31-,32-,33-,34-,35-,36-,37-,38-,39-,40-,41-,42+,43+,44+,45-,46-,47-,48-,49+,50+,51-,52+,53+,54+,55+,56+,57+,58-/m1/s1. The van der Waals surface area contributed by atoms with Gasteiger partial charge in [-0.3, -0.25) is 24.0 Å². The van der Waals surface area contributed by atoms with Gasteiger partial charge >= 0.3 is 0 Å². The van der Waals surface area contributed by atoms with Crippen molar-refractivity contribution < 1.29 is 202 Å². The van der Waals surface area contributed by atoms with Gasteiger partial charge in [-0.1, -0.05) is 0 Å². The Morgan fingerprint density at radius 2 is 0.519 bits per heavy atom. The van der Waals surface area contributed by atoms with E-state index in [0.717, 1.165) is 34.6 Å². The summed E-state index contributed by atoms with van der Waals surface area (Å²) in [6, 6.07) is -9.25. The lowest BCUT2D eigenvalue weighted by Gasteiger charge is -2.52. The molecule has 40 atom stereocenters. The third-order valence-electron chi connectivity index (χ3n) is 18.7. The molecule has 26 N–H and O–H groups in total. The van der Waals surface area contributed by atoms with E-state index in [9.17, 15) is 131 Å². The number of carbonyl (C=O) groups excluding carboxylic acids is 5. The van der Waals surface area contributed by atoms with Crippen molar-refractivity contribution in [2.75, 3.05) is 52.9 Å². The molecule has 0 aromatic carbocycles. The molecule has 8 fully saturated rings. The van der Waals surface area contributed by atoms with E-state index in [-0.39, 0.29) is 0 Å². The van der Waals surface area contributed by atoms with Crippen molar-refractivity contribution in [1.82, 2.24) is 26.6 Å². The zero-order valence-corrected chi connectivity index (χ0v) is 56.3. The first-order valence-electron chi connectivity index (χ1n) is 33.1.